The van der Waals surface area contributed by atoms with Crippen molar-refractivity contribution in [1.82, 2.24) is 0 Å². The van der Waals surface area contributed by atoms with Gasteiger partial charge in [0.1, 0.15) is 11.5 Å². The molecule has 5 heteroatoms. The Morgan fingerprint density at radius 3 is 2.33 bits per heavy atom. The first-order valence-corrected chi connectivity index (χ1v) is 9.92. The summed E-state index contributed by atoms with van der Waals surface area (Å²) in [6, 6.07) is 25.2. The van der Waals surface area contributed by atoms with E-state index in [2.05, 4.69) is 31.9 Å². The Morgan fingerprint density at radius 1 is 0.852 bits per heavy atom. The van der Waals surface area contributed by atoms with Crippen LogP contribution >= 0.6 is 31.9 Å². The van der Waals surface area contributed by atoms with Crippen LogP contribution in [-0.4, -0.2) is 11.7 Å². The van der Waals surface area contributed by atoms with Gasteiger partial charge in [-0.25, -0.2) is 4.99 Å². The molecule has 0 unspecified atom stereocenters. The first-order chi connectivity index (χ1) is 13.1. The molecule has 0 radical (unpaired) electrons. The lowest BCUT2D eigenvalue weighted by Gasteiger charge is -2.19. The zero-order valence-corrected chi connectivity index (χ0v) is 17.3. The number of aliphatic imine (C=N–C) groups is 1. The summed E-state index contributed by atoms with van der Waals surface area (Å²) in [5.41, 5.74) is 2.97. The van der Waals surface area contributed by atoms with Gasteiger partial charge in [-0.15, -0.1) is 0 Å². The number of halogens is 2. The minimum absolute atomic E-state index is 0.150. The largest absolute Gasteiger partial charge is 0.282 e. The van der Waals surface area contributed by atoms with Crippen LogP contribution < -0.4 is 4.90 Å². The molecule has 0 saturated carbocycles. The zero-order valence-electron chi connectivity index (χ0n) is 14.1. The summed E-state index contributed by atoms with van der Waals surface area (Å²) < 4.78 is 1.79. The average Bonchev–Trinajstić information content (AvgIpc) is 2.99. The fourth-order valence-electron chi connectivity index (χ4n) is 2.90. The Balaban J connectivity index is 1.87. The maximum absolute atomic E-state index is 13.2. The van der Waals surface area contributed by atoms with Crippen molar-refractivity contribution in [2.75, 3.05) is 4.90 Å². The highest BCUT2D eigenvalue weighted by Crippen LogP contribution is 2.31. The summed E-state index contributed by atoms with van der Waals surface area (Å²) in [5, 5.41) is 0. The number of benzene rings is 3. The maximum Gasteiger partial charge on any atom is 0.282 e. The Labute approximate surface area is 174 Å². The molecule has 0 aromatic heterocycles. The second kappa shape index (κ2) is 7.62. The molecule has 3 aromatic carbocycles. The van der Waals surface area contributed by atoms with E-state index in [1.165, 1.54) is 0 Å². The highest BCUT2D eigenvalue weighted by molar-refractivity contribution is 9.10. The lowest BCUT2D eigenvalue weighted by Crippen LogP contribution is -2.32. The molecular weight excluding hydrogens is 468 g/mol. The van der Waals surface area contributed by atoms with Crippen molar-refractivity contribution < 1.29 is 4.79 Å². The third kappa shape index (κ3) is 3.66. The van der Waals surface area contributed by atoms with Crippen LogP contribution in [0, 0.1) is 0 Å². The Hall–Kier alpha value is -2.50. The first-order valence-electron chi connectivity index (χ1n) is 8.34. The van der Waals surface area contributed by atoms with Crippen molar-refractivity contribution in [1.29, 1.82) is 0 Å². The molecule has 0 atom stereocenters. The van der Waals surface area contributed by atoms with E-state index in [-0.39, 0.29) is 5.91 Å². The van der Waals surface area contributed by atoms with Crippen LogP contribution in [0.4, 0.5) is 5.69 Å². The predicted molar refractivity (Wildman–Crippen MR) is 117 cm³/mol. The number of hydrogen-bond acceptors (Lipinski definition) is 2. The van der Waals surface area contributed by atoms with Gasteiger partial charge in [-0.2, -0.15) is 0 Å². The summed E-state index contributed by atoms with van der Waals surface area (Å²) >= 11 is 7.07. The van der Waals surface area contributed by atoms with Crippen LogP contribution in [0.2, 0.25) is 0 Å². The van der Waals surface area contributed by atoms with Crippen molar-refractivity contribution >= 4 is 55.4 Å². The molecule has 1 aliphatic rings. The van der Waals surface area contributed by atoms with Gasteiger partial charge in [0.15, 0.2) is 0 Å². The highest BCUT2D eigenvalue weighted by atomic mass is 79.9. The number of anilines is 1. The van der Waals surface area contributed by atoms with E-state index in [9.17, 15) is 4.79 Å². The minimum atomic E-state index is -0.150. The minimum Gasteiger partial charge on any atom is -0.266 e. The molecule has 0 fully saturated rings. The van der Waals surface area contributed by atoms with Gasteiger partial charge in [-0.05, 0) is 35.9 Å². The topological polar surface area (TPSA) is 32.7 Å². The molecule has 0 bridgehead atoms. The summed E-state index contributed by atoms with van der Waals surface area (Å²) in [5.74, 6) is 0.454. The molecule has 4 rings (SSSR count). The first kappa shape index (κ1) is 17.9. The molecule has 132 valence electrons. The fourth-order valence-corrected chi connectivity index (χ4v) is 3.75. The Morgan fingerprint density at radius 2 is 1.59 bits per heavy atom. The van der Waals surface area contributed by atoms with Gasteiger partial charge >= 0.3 is 0 Å². The van der Waals surface area contributed by atoms with E-state index in [0.717, 1.165) is 25.8 Å². The summed E-state index contributed by atoms with van der Waals surface area (Å²) in [6.45, 7) is 0. The monoisotopic (exact) mass is 480 g/mol. The van der Waals surface area contributed by atoms with Gasteiger partial charge in [-0.3, -0.25) is 9.69 Å². The van der Waals surface area contributed by atoms with Crippen LogP contribution in [0.25, 0.3) is 6.08 Å². The smallest absolute Gasteiger partial charge is 0.266 e. The molecular formula is C22H14Br2N2O. The van der Waals surface area contributed by atoms with Crippen molar-refractivity contribution in [3.63, 3.8) is 0 Å². The van der Waals surface area contributed by atoms with E-state index in [1.54, 1.807) is 4.90 Å². The van der Waals surface area contributed by atoms with Crippen LogP contribution in [-0.2, 0) is 4.79 Å². The number of hydrogen-bond donors (Lipinski definition) is 0. The molecule has 3 aromatic rings. The quantitative estimate of drug-likeness (QED) is 0.419. The molecule has 1 amide bonds. The van der Waals surface area contributed by atoms with Gasteiger partial charge in [0, 0.05) is 14.5 Å². The fraction of sp³-hybridized carbons (Fsp3) is 0. The second-order valence-electron chi connectivity index (χ2n) is 5.98. The van der Waals surface area contributed by atoms with Crippen LogP contribution in [0.1, 0.15) is 11.1 Å². The molecule has 0 aliphatic carbocycles. The van der Waals surface area contributed by atoms with Gasteiger partial charge in [0.05, 0.1) is 5.69 Å². The molecule has 1 aliphatic heterocycles. The normalized spacial score (nSPS) is 15.3. The van der Waals surface area contributed by atoms with Gasteiger partial charge < -0.3 is 0 Å². The number of amidine groups is 1. The Bertz CT molecular complexity index is 1070. The van der Waals surface area contributed by atoms with Crippen LogP contribution in [0.15, 0.2) is 98.5 Å². The lowest BCUT2D eigenvalue weighted by atomic mass is 10.1. The molecule has 1 heterocycles. The lowest BCUT2D eigenvalue weighted by molar-refractivity contribution is -0.113. The molecule has 0 spiro atoms. The van der Waals surface area contributed by atoms with Crippen molar-refractivity contribution in [2.24, 2.45) is 4.99 Å². The number of rotatable bonds is 3. The van der Waals surface area contributed by atoms with Crippen molar-refractivity contribution in [3.8, 4) is 0 Å². The highest BCUT2D eigenvalue weighted by Gasteiger charge is 2.33. The third-order valence-electron chi connectivity index (χ3n) is 4.14. The van der Waals surface area contributed by atoms with Crippen molar-refractivity contribution in [2.45, 2.75) is 0 Å². The number of carbonyl (C=O) groups is 1. The zero-order chi connectivity index (χ0) is 18.8. The summed E-state index contributed by atoms with van der Waals surface area (Å²) in [7, 11) is 0. The Kier molecular flexibility index (Phi) is 5.05. The predicted octanol–water partition coefficient (Wildman–Crippen LogP) is 6.05. The van der Waals surface area contributed by atoms with E-state index in [4.69, 9.17) is 4.99 Å². The van der Waals surface area contributed by atoms with E-state index in [1.807, 2.05) is 84.9 Å². The van der Waals surface area contributed by atoms with Crippen LogP contribution in [0.3, 0.4) is 0 Å². The van der Waals surface area contributed by atoms with E-state index < -0.39 is 0 Å². The van der Waals surface area contributed by atoms with Gasteiger partial charge in [0.25, 0.3) is 5.91 Å². The summed E-state index contributed by atoms with van der Waals surface area (Å²) in [6.07, 6.45) is 1.82. The number of nitrogens with zero attached hydrogens (tertiary/aromatic N) is 2. The number of carbonyl (C=O) groups excluding carboxylic acids is 1. The third-order valence-corrected chi connectivity index (χ3v) is 5.33. The second-order valence-corrected chi connectivity index (χ2v) is 7.75. The van der Waals surface area contributed by atoms with E-state index in [0.29, 0.717) is 11.5 Å². The van der Waals surface area contributed by atoms with E-state index >= 15 is 0 Å². The molecule has 3 nitrogen and oxygen atoms in total. The van der Waals surface area contributed by atoms with Gasteiger partial charge in [-0.1, -0.05) is 86.5 Å². The SMILES string of the molecule is O=C1/C(=C\c2ccccc2)N=C(c2ccccc2Br)N1c1cccc(Br)c1. The maximum atomic E-state index is 13.2. The average molecular weight is 482 g/mol. The molecule has 0 N–H and O–H groups in total. The van der Waals surface area contributed by atoms with Crippen molar-refractivity contribution in [3.05, 3.63) is 105 Å². The standard InChI is InChI=1S/C22H14Br2N2O/c23-16-9-6-10-17(14-16)26-21(18-11-4-5-12-19(18)24)25-20(22(26)27)13-15-7-2-1-3-8-15/h1-14H/b20-13+. The summed E-state index contributed by atoms with van der Waals surface area (Å²) in [4.78, 5) is 19.6. The van der Waals surface area contributed by atoms with Gasteiger partial charge in [0.2, 0.25) is 0 Å². The van der Waals surface area contributed by atoms with Crippen LogP contribution in [0.5, 0.6) is 0 Å². The molecule has 0 saturated heterocycles. The number of amides is 1. The molecule has 27 heavy (non-hydrogen) atoms.